The van der Waals surface area contributed by atoms with Crippen molar-refractivity contribution >= 4 is 23.6 Å². The van der Waals surface area contributed by atoms with Gasteiger partial charge in [0.25, 0.3) is 5.91 Å². The number of fused-ring (bicyclic) bond motifs is 2. The van der Waals surface area contributed by atoms with Crippen molar-refractivity contribution in [1.82, 2.24) is 10.3 Å². The Labute approximate surface area is 272 Å². The van der Waals surface area contributed by atoms with Crippen molar-refractivity contribution in [3.63, 3.8) is 0 Å². The Morgan fingerprint density at radius 1 is 1.11 bits per heavy atom. The molecule has 12 heteroatoms. The summed E-state index contributed by atoms with van der Waals surface area (Å²) in [7, 11) is 0. The average molecular weight is 668 g/mol. The Morgan fingerprint density at radius 2 is 1.89 bits per heavy atom. The van der Waals surface area contributed by atoms with Gasteiger partial charge >= 0.3 is 6.18 Å². The summed E-state index contributed by atoms with van der Waals surface area (Å²) in [6, 6.07) is 8.30. The number of benzene rings is 2. The lowest BCUT2D eigenvalue weighted by Crippen LogP contribution is -2.43. The summed E-state index contributed by atoms with van der Waals surface area (Å²) in [5.41, 5.74) is -0.630. The van der Waals surface area contributed by atoms with Crippen molar-refractivity contribution in [2.45, 2.75) is 62.3 Å². The van der Waals surface area contributed by atoms with E-state index < -0.39 is 36.0 Å². The second-order valence-electron chi connectivity index (χ2n) is 13.1. The number of amides is 1. The number of alkyl halides is 3. The summed E-state index contributed by atoms with van der Waals surface area (Å²) in [5.74, 6) is -2.56. The molecule has 3 fully saturated rings. The van der Waals surface area contributed by atoms with Crippen LogP contribution in [0.4, 0.5) is 17.6 Å². The number of pyridine rings is 1. The molecule has 3 heterocycles. The average Bonchev–Trinajstić information content (AvgIpc) is 3.94. The second kappa shape index (κ2) is 11.1. The second-order valence-corrected chi connectivity index (χ2v) is 13.5. The van der Waals surface area contributed by atoms with E-state index >= 15 is 0 Å². The van der Waals surface area contributed by atoms with Crippen LogP contribution < -0.4 is 25.4 Å². The number of aromatic nitrogens is 1. The molecular weight excluding hydrogens is 638 g/mol. The number of hydrogen-bond donors (Lipinski definition) is 2. The monoisotopic (exact) mass is 667 g/mol. The zero-order valence-electron chi connectivity index (χ0n) is 25.0. The highest BCUT2D eigenvalue weighted by Crippen LogP contribution is 2.51. The van der Waals surface area contributed by atoms with Crippen molar-refractivity contribution in [2.24, 2.45) is 16.8 Å². The molecule has 2 N–H and O–H groups in total. The third kappa shape index (κ3) is 5.88. The van der Waals surface area contributed by atoms with Gasteiger partial charge in [0.1, 0.15) is 46.5 Å². The van der Waals surface area contributed by atoms with Crippen LogP contribution in [0.3, 0.4) is 0 Å². The predicted octanol–water partition coefficient (Wildman–Crippen LogP) is 5.86. The maximum absolute atomic E-state index is 14.1. The number of aliphatic hydroxyl groups is 1. The molecule has 1 aromatic heterocycles. The van der Waals surface area contributed by atoms with Crippen LogP contribution in [0.15, 0.2) is 53.2 Å². The molecule has 2 atom stereocenters. The maximum Gasteiger partial charge on any atom is 0.399 e. The number of carbonyl (C=O) groups is 1. The molecule has 1 amide bonds. The first-order valence-electron chi connectivity index (χ1n) is 15.8. The van der Waals surface area contributed by atoms with Gasteiger partial charge in [-0.3, -0.25) is 4.79 Å². The standard InChI is InChI=1S/C35H30ClF4N3O4/c36-26-12-18(3-8-27(26)37)31-32-24(25(15-46-32)35(38,39)40)14-29(43-31)34(45,21-4-5-21)16-41-33(44)20-10-19-11-22(9-17-1-2-17)42-30(19)28(13-20)47-23-6-7-23/h3,8-14,17,21,23,25,45H,1-2,4-7,15-16H2,(H,41,44)/b22-9-/t25-,34?/m1/s1. The zero-order chi connectivity index (χ0) is 32.7. The highest BCUT2D eigenvalue weighted by molar-refractivity contribution is 6.31. The molecule has 47 heavy (non-hydrogen) atoms. The molecule has 0 radical (unpaired) electrons. The van der Waals surface area contributed by atoms with Gasteiger partial charge in [0.2, 0.25) is 0 Å². The van der Waals surface area contributed by atoms with Crippen molar-refractivity contribution in [2.75, 3.05) is 13.2 Å². The first-order chi connectivity index (χ1) is 22.5. The van der Waals surface area contributed by atoms with Gasteiger partial charge in [-0.15, -0.1) is 0 Å². The summed E-state index contributed by atoms with van der Waals surface area (Å²) >= 11 is 6.02. The number of allylic oxidation sites excluding steroid dienone is 2. The SMILES string of the molecule is O=C(NCC(O)(c1cc2c(c(-c3ccc(F)c(Cl)c3)n1)OC[C@H]2C(F)(F)F)C1CC1)c1cc(OC2CC2)c2c(c1)=C/C(=C/C1CC1)N=2. The highest BCUT2D eigenvalue weighted by Gasteiger charge is 2.51. The molecular formula is C35H30ClF4N3O4. The van der Waals surface area contributed by atoms with Crippen molar-refractivity contribution < 1.29 is 36.9 Å². The largest absolute Gasteiger partial charge is 0.490 e. The number of ether oxygens (including phenoxy) is 2. The summed E-state index contributed by atoms with van der Waals surface area (Å²) in [6.07, 6.45) is 4.80. The predicted molar refractivity (Wildman–Crippen MR) is 164 cm³/mol. The Bertz CT molecular complexity index is 1970. The third-order valence-corrected chi connectivity index (χ3v) is 9.62. The van der Waals surface area contributed by atoms with Crippen LogP contribution in [0.1, 0.15) is 66.1 Å². The van der Waals surface area contributed by atoms with E-state index in [1.165, 1.54) is 18.2 Å². The lowest BCUT2D eigenvalue weighted by molar-refractivity contribution is -0.151. The fraction of sp³-hybridized carbons (Fsp3) is 0.400. The van der Waals surface area contributed by atoms with E-state index in [1.54, 1.807) is 12.1 Å². The number of halogens is 5. The summed E-state index contributed by atoms with van der Waals surface area (Å²) in [4.78, 5) is 23.0. The smallest absolute Gasteiger partial charge is 0.399 e. The van der Waals surface area contributed by atoms with Crippen molar-refractivity contribution in [1.29, 1.82) is 0 Å². The number of nitrogens with one attached hydrogen (secondary N) is 1. The van der Waals surface area contributed by atoms with Gasteiger partial charge in [-0.1, -0.05) is 17.7 Å². The van der Waals surface area contributed by atoms with E-state index in [4.69, 9.17) is 26.1 Å². The quantitative estimate of drug-likeness (QED) is 0.279. The molecule has 7 nitrogen and oxygen atoms in total. The molecule has 0 spiro atoms. The van der Waals surface area contributed by atoms with Gasteiger partial charge in [-0.05, 0) is 92.8 Å². The minimum atomic E-state index is -4.63. The molecule has 1 unspecified atom stereocenters. The van der Waals surface area contributed by atoms with Crippen LogP contribution in [0, 0.1) is 17.7 Å². The lowest BCUT2D eigenvalue weighted by atomic mass is 9.88. The van der Waals surface area contributed by atoms with Gasteiger partial charge in [0.15, 0.2) is 0 Å². The Morgan fingerprint density at radius 3 is 2.57 bits per heavy atom. The summed E-state index contributed by atoms with van der Waals surface area (Å²) in [5, 5.41) is 16.2. The molecule has 0 saturated heterocycles. The van der Waals surface area contributed by atoms with Gasteiger partial charge < -0.3 is 19.9 Å². The minimum Gasteiger partial charge on any atom is -0.490 e. The van der Waals surface area contributed by atoms with Crippen LogP contribution in [0.5, 0.6) is 11.5 Å². The Kier molecular flexibility index (Phi) is 7.14. The number of carbonyl (C=O) groups excluding carboxylic acids is 1. The highest BCUT2D eigenvalue weighted by atomic mass is 35.5. The van der Waals surface area contributed by atoms with Crippen molar-refractivity contribution in [3.05, 3.63) is 86.4 Å². The first-order valence-corrected chi connectivity index (χ1v) is 16.2. The fourth-order valence-electron chi connectivity index (χ4n) is 6.23. The normalized spacial score (nSPS) is 22.1. The van der Waals surface area contributed by atoms with E-state index in [9.17, 15) is 27.5 Å². The van der Waals surface area contributed by atoms with Gasteiger partial charge in [-0.25, -0.2) is 14.4 Å². The Balaban J connectivity index is 1.14. The molecule has 244 valence electrons. The van der Waals surface area contributed by atoms with Crippen LogP contribution in [-0.4, -0.2) is 41.4 Å². The topological polar surface area (TPSA) is 93.0 Å². The van der Waals surface area contributed by atoms with E-state index in [1.807, 2.05) is 6.08 Å². The molecule has 2 aliphatic heterocycles. The zero-order valence-corrected chi connectivity index (χ0v) is 25.8. The molecule has 3 aliphatic carbocycles. The summed E-state index contributed by atoms with van der Waals surface area (Å²) < 4.78 is 68.0. The molecule has 3 saturated carbocycles. The number of rotatable bonds is 9. The van der Waals surface area contributed by atoms with Gasteiger partial charge in [-0.2, -0.15) is 13.2 Å². The fourth-order valence-corrected chi connectivity index (χ4v) is 6.41. The first kappa shape index (κ1) is 30.4. The van der Waals surface area contributed by atoms with E-state index in [2.05, 4.69) is 16.4 Å². The van der Waals surface area contributed by atoms with Gasteiger partial charge in [0.05, 0.1) is 29.1 Å². The molecule has 8 rings (SSSR count). The molecule has 0 bridgehead atoms. The lowest BCUT2D eigenvalue weighted by Gasteiger charge is -2.29. The third-order valence-electron chi connectivity index (χ3n) is 9.33. The number of hydrogen-bond acceptors (Lipinski definition) is 6. The van der Waals surface area contributed by atoms with Crippen LogP contribution in [0.2, 0.25) is 5.02 Å². The van der Waals surface area contributed by atoms with E-state index in [-0.39, 0.29) is 51.9 Å². The summed E-state index contributed by atoms with van der Waals surface area (Å²) in [6.45, 7) is -0.963. The maximum atomic E-state index is 14.1. The van der Waals surface area contributed by atoms with Crippen LogP contribution >= 0.6 is 11.6 Å². The van der Waals surface area contributed by atoms with Crippen LogP contribution in [0.25, 0.3) is 17.3 Å². The van der Waals surface area contributed by atoms with E-state index in [0.717, 1.165) is 42.7 Å². The van der Waals surface area contributed by atoms with Gasteiger partial charge in [0, 0.05) is 21.9 Å². The van der Waals surface area contributed by atoms with Crippen LogP contribution in [-0.2, 0) is 5.60 Å². The Hall–Kier alpha value is -3.96. The molecule has 2 aromatic carbocycles. The van der Waals surface area contributed by atoms with Crippen molar-refractivity contribution in [3.8, 4) is 22.8 Å². The van der Waals surface area contributed by atoms with E-state index in [0.29, 0.717) is 35.4 Å². The minimum absolute atomic E-state index is 0.00591. The molecule has 3 aromatic rings. The number of nitrogens with zero attached hydrogens (tertiary/aromatic N) is 2. The molecule has 5 aliphatic rings.